The van der Waals surface area contributed by atoms with Gasteiger partial charge in [0.2, 0.25) is 11.8 Å². The second kappa shape index (κ2) is 9.75. The average Bonchev–Trinajstić information content (AvgIpc) is 2.92. The van der Waals surface area contributed by atoms with E-state index in [-0.39, 0.29) is 5.91 Å². The fourth-order valence-electron chi connectivity index (χ4n) is 2.52. The second-order valence-electron chi connectivity index (χ2n) is 6.88. The van der Waals surface area contributed by atoms with Crippen LogP contribution < -0.4 is 16.0 Å². The highest BCUT2D eigenvalue weighted by molar-refractivity contribution is 5.90. The summed E-state index contributed by atoms with van der Waals surface area (Å²) in [5.41, 5.74) is 2.74. The molecule has 2 aromatic rings. The zero-order valence-electron chi connectivity index (χ0n) is 16.7. The van der Waals surface area contributed by atoms with Crippen molar-refractivity contribution in [2.24, 2.45) is 10.9 Å². The standard InChI is InChI=1S/C20H29N5O2/c1-13(2)9-18(26)25-17-8-6-7-16(10-17)11-22-20(21-5)23-12-19-24-14(3)15(4)27-19/h6-8,10,13H,9,11-12H2,1-5H3,(H,25,26)(H2,21,22,23). The third-order valence-electron chi connectivity index (χ3n) is 3.97. The van der Waals surface area contributed by atoms with Crippen molar-refractivity contribution in [2.45, 2.75) is 47.2 Å². The summed E-state index contributed by atoms with van der Waals surface area (Å²) in [7, 11) is 1.71. The van der Waals surface area contributed by atoms with E-state index < -0.39 is 0 Å². The first-order chi connectivity index (χ1) is 12.9. The molecule has 0 bridgehead atoms. The lowest BCUT2D eigenvalue weighted by molar-refractivity contribution is -0.116. The minimum Gasteiger partial charge on any atom is -0.444 e. The number of nitrogens with zero attached hydrogens (tertiary/aromatic N) is 2. The number of aliphatic imine (C=N–C) groups is 1. The van der Waals surface area contributed by atoms with Crippen LogP contribution in [0.5, 0.6) is 0 Å². The number of carbonyl (C=O) groups is 1. The van der Waals surface area contributed by atoms with Crippen LogP contribution in [0, 0.1) is 19.8 Å². The smallest absolute Gasteiger partial charge is 0.224 e. The van der Waals surface area contributed by atoms with Gasteiger partial charge in [-0.3, -0.25) is 9.79 Å². The van der Waals surface area contributed by atoms with E-state index in [1.807, 2.05) is 52.0 Å². The molecule has 0 saturated heterocycles. The molecule has 3 N–H and O–H groups in total. The Bertz CT molecular complexity index is 776. The number of amides is 1. The topological polar surface area (TPSA) is 91.5 Å². The monoisotopic (exact) mass is 371 g/mol. The van der Waals surface area contributed by atoms with Gasteiger partial charge in [0.1, 0.15) is 5.76 Å². The summed E-state index contributed by atoms with van der Waals surface area (Å²) >= 11 is 0. The minimum absolute atomic E-state index is 0.0316. The van der Waals surface area contributed by atoms with E-state index in [4.69, 9.17) is 4.42 Å². The molecule has 0 radical (unpaired) electrons. The molecular formula is C20H29N5O2. The third kappa shape index (κ3) is 6.77. The largest absolute Gasteiger partial charge is 0.444 e. The lowest BCUT2D eigenvalue weighted by atomic mass is 10.1. The lowest BCUT2D eigenvalue weighted by Crippen LogP contribution is -2.36. The van der Waals surface area contributed by atoms with Gasteiger partial charge in [-0.15, -0.1) is 0 Å². The molecule has 0 unspecified atom stereocenters. The molecule has 0 aliphatic carbocycles. The van der Waals surface area contributed by atoms with Crippen molar-refractivity contribution < 1.29 is 9.21 Å². The van der Waals surface area contributed by atoms with Crippen molar-refractivity contribution in [3.8, 4) is 0 Å². The molecule has 1 amide bonds. The number of rotatable bonds is 7. The number of aryl methyl sites for hydroxylation is 2. The molecule has 0 fully saturated rings. The second-order valence-corrected chi connectivity index (χ2v) is 6.88. The average molecular weight is 371 g/mol. The number of hydrogen-bond acceptors (Lipinski definition) is 4. The number of carbonyl (C=O) groups excluding carboxylic acids is 1. The summed E-state index contributed by atoms with van der Waals surface area (Å²) in [6.07, 6.45) is 0.513. The molecular weight excluding hydrogens is 342 g/mol. The third-order valence-corrected chi connectivity index (χ3v) is 3.97. The molecule has 1 heterocycles. The summed E-state index contributed by atoms with van der Waals surface area (Å²) in [5.74, 6) is 2.47. The normalized spacial score (nSPS) is 11.6. The Balaban J connectivity index is 1.86. The maximum absolute atomic E-state index is 11.9. The van der Waals surface area contributed by atoms with Crippen LogP contribution in [0.15, 0.2) is 33.7 Å². The van der Waals surface area contributed by atoms with E-state index >= 15 is 0 Å². The first kappa shape index (κ1) is 20.5. The molecule has 0 saturated carbocycles. The van der Waals surface area contributed by atoms with Gasteiger partial charge < -0.3 is 20.4 Å². The Morgan fingerprint density at radius 2 is 1.96 bits per heavy atom. The molecule has 0 aliphatic rings. The van der Waals surface area contributed by atoms with Crippen LogP contribution in [-0.4, -0.2) is 23.9 Å². The van der Waals surface area contributed by atoms with E-state index in [0.29, 0.717) is 37.3 Å². The van der Waals surface area contributed by atoms with E-state index in [1.165, 1.54) is 0 Å². The van der Waals surface area contributed by atoms with Crippen LogP contribution in [0.2, 0.25) is 0 Å². The van der Waals surface area contributed by atoms with Gasteiger partial charge in [-0.25, -0.2) is 4.98 Å². The predicted molar refractivity (Wildman–Crippen MR) is 108 cm³/mol. The molecule has 0 spiro atoms. The molecule has 0 atom stereocenters. The summed E-state index contributed by atoms with van der Waals surface area (Å²) in [4.78, 5) is 20.5. The zero-order valence-corrected chi connectivity index (χ0v) is 16.7. The Kier molecular flexibility index (Phi) is 7.40. The van der Waals surface area contributed by atoms with Crippen LogP contribution in [0.3, 0.4) is 0 Å². The highest BCUT2D eigenvalue weighted by atomic mass is 16.4. The molecule has 27 heavy (non-hydrogen) atoms. The van der Waals surface area contributed by atoms with Crippen molar-refractivity contribution in [1.82, 2.24) is 15.6 Å². The number of oxazole rings is 1. The van der Waals surface area contributed by atoms with Gasteiger partial charge in [0.15, 0.2) is 5.96 Å². The predicted octanol–water partition coefficient (Wildman–Crippen LogP) is 3.14. The van der Waals surface area contributed by atoms with Gasteiger partial charge in [-0.2, -0.15) is 0 Å². The number of nitrogens with one attached hydrogen (secondary N) is 3. The van der Waals surface area contributed by atoms with Crippen LogP contribution in [0.25, 0.3) is 0 Å². The van der Waals surface area contributed by atoms with Crippen LogP contribution >= 0.6 is 0 Å². The summed E-state index contributed by atoms with van der Waals surface area (Å²) in [6, 6.07) is 7.77. The number of guanidine groups is 1. The van der Waals surface area contributed by atoms with Gasteiger partial charge in [0.05, 0.1) is 12.2 Å². The van der Waals surface area contributed by atoms with Crippen LogP contribution in [0.1, 0.15) is 43.2 Å². The fraction of sp³-hybridized carbons (Fsp3) is 0.450. The first-order valence-electron chi connectivity index (χ1n) is 9.13. The number of benzene rings is 1. The maximum Gasteiger partial charge on any atom is 0.224 e. The van der Waals surface area contributed by atoms with Crippen molar-refractivity contribution in [2.75, 3.05) is 12.4 Å². The van der Waals surface area contributed by atoms with Gasteiger partial charge in [-0.1, -0.05) is 26.0 Å². The Morgan fingerprint density at radius 3 is 2.59 bits per heavy atom. The quantitative estimate of drug-likeness (QED) is 0.514. The molecule has 1 aromatic carbocycles. The van der Waals surface area contributed by atoms with E-state index in [9.17, 15) is 4.79 Å². The summed E-state index contributed by atoms with van der Waals surface area (Å²) in [6.45, 7) is 8.91. The number of aromatic nitrogens is 1. The van der Waals surface area contributed by atoms with Crippen LogP contribution in [0.4, 0.5) is 5.69 Å². The number of anilines is 1. The highest BCUT2D eigenvalue weighted by Gasteiger charge is 2.08. The van der Waals surface area contributed by atoms with Gasteiger partial charge in [0, 0.05) is 25.7 Å². The van der Waals surface area contributed by atoms with Gasteiger partial charge >= 0.3 is 0 Å². The van der Waals surface area contributed by atoms with Crippen molar-refractivity contribution in [3.63, 3.8) is 0 Å². The van der Waals surface area contributed by atoms with Gasteiger partial charge in [-0.05, 0) is 37.5 Å². The first-order valence-corrected chi connectivity index (χ1v) is 9.13. The fourth-order valence-corrected chi connectivity index (χ4v) is 2.52. The lowest BCUT2D eigenvalue weighted by Gasteiger charge is -2.12. The van der Waals surface area contributed by atoms with E-state index in [0.717, 1.165) is 22.7 Å². The van der Waals surface area contributed by atoms with E-state index in [1.54, 1.807) is 7.05 Å². The number of hydrogen-bond donors (Lipinski definition) is 3. The Labute approximate surface area is 160 Å². The van der Waals surface area contributed by atoms with Crippen molar-refractivity contribution in [3.05, 3.63) is 47.2 Å². The van der Waals surface area contributed by atoms with Crippen molar-refractivity contribution >= 4 is 17.6 Å². The highest BCUT2D eigenvalue weighted by Crippen LogP contribution is 2.12. The molecule has 2 rings (SSSR count). The van der Waals surface area contributed by atoms with Gasteiger partial charge in [0.25, 0.3) is 0 Å². The molecule has 0 aliphatic heterocycles. The zero-order chi connectivity index (χ0) is 19.8. The molecule has 7 nitrogen and oxygen atoms in total. The molecule has 146 valence electrons. The Morgan fingerprint density at radius 1 is 1.22 bits per heavy atom. The SMILES string of the molecule is CN=C(NCc1cccc(NC(=O)CC(C)C)c1)NCc1nc(C)c(C)o1. The minimum atomic E-state index is 0.0316. The maximum atomic E-state index is 11.9. The van der Waals surface area contributed by atoms with E-state index in [2.05, 4.69) is 25.9 Å². The summed E-state index contributed by atoms with van der Waals surface area (Å²) < 4.78 is 5.56. The molecule has 7 heteroatoms. The molecule has 1 aromatic heterocycles. The van der Waals surface area contributed by atoms with Crippen LogP contribution in [-0.2, 0) is 17.9 Å². The summed E-state index contributed by atoms with van der Waals surface area (Å²) in [5, 5.41) is 9.36. The van der Waals surface area contributed by atoms with Crippen molar-refractivity contribution in [1.29, 1.82) is 0 Å². The Hall–Kier alpha value is -2.83.